The van der Waals surface area contributed by atoms with Crippen LogP contribution in [0.3, 0.4) is 0 Å². The number of alkyl halides is 1. The Bertz CT molecular complexity index is 445. The van der Waals surface area contributed by atoms with E-state index < -0.39 is 0 Å². The van der Waals surface area contributed by atoms with Crippen molar-refractivity contribution in [1.82, 2.24) is 0 Å². The number of hydrogen-bond donors (Lipinski definition) is 1. The fraction of sp³-hybridized carbons (Fsp3) is 0.200. The van der Waals surface area contributed by atoms with E-state index >= 15 is 0 Å². The van der Waals surface area contributed by atoms with Gasteiger partial charge in [0, 0.05) is 10.0 Å². The minimum Gasteiger partial charge on any atom is -0.133 e. The topological polar surface area (TPSA) is 0 Å². The molecule has 0 saturated carbocycles. The number of aryl methyl sites for hydroxylation is 1. The molecular formula is C10H9BrS2. The van der Waals surface area contributed by atoms with Crippen molar-refractivity contribution in [3.05, 3.63) is 29.3 Å². The first-order chi connectivity index (χ1) is 6.22. The third kappa shape index (κ3) is 1.65. The first kappa shape index (κ1) is 9.56. The maximum absolute atomic E-state index is 4.38. The zero-order valence-corrected chi connectivity index (χ0v) is 10.5. The zero-order chi connectivity index (χ0) is 9.42. The molecule has 0 aliphatic heterocycles. The lowest BCUT2D eigenvalue weighted by Crippen LogP contribution is -1.79. The Balaban J connectivity index is 2.83. The van der Waals surface area contributed by atoms with E-state index in [1.807, 2.05) is 0 Å². The highest BCUT2D eigenvalue weighted by molar-refractivity contribution is 9.08. The van der Waals surface area contributed by atoms with Crippen LogP contribution in [-0.2, 0) is 5.33 Å². The number of rotatable bonds is 1. The second kappa shape index (κ2) is 3.64. The lowest BCUT2D eigenvalue weighted by molar-refractivity contribution is 1.45. The van der Waals surface area contributed by atoms with E-state index in [0.717, 1.165) is 9.54 Å². The average molecular weight is 273 g/mol. The summed E-state index contributed by atoms with van der Waals surface area (Å²) in [5, 5.41) is 2.25. The third-order valence-electron chi connectivity index (χ3n) is 2.10. The molecule has 68 valence electrons. The summed E-state index contributed by atoms with van der Waals surface area (Å²) in [6, 6.07) is 6.49. The van der Waals surface area contributed by atoms with Gasteiger partial charge in [0.25, 0.3) is 0 Å². The van der Waals surface area contributed by atoms with Gasteiger partial charge in [-0.15, -0.1) is 24.0 Å². The number of thiophene rings is 1. The number of thiol groups is 1. The standard InChI is InChI=1S/C10H9BrS2/c1-6-2-3-7(5-11)8-4-9(12)13-10(6)8/h2-4,12H,5H2,1H3. The first-order valence-electron chi connectivity index (χ1n) is 3.99. The minimum atomic E-state index is 0.910. The van der Waals surface area contributed by atoms with Gasteiger partial charge in [-0.05, 0) is 29.5 Å². The zero-order valence-electron chi connectivity index (χ0n) is 7.17. The van der Waals surface area contributed by atoms with Gasteiger partial charge in [0.2, 0.25) is 0 Å². The van der Waals surface area contributed by atoms with Crippen LogP contribution in [0.5, 0.6) is 0 Å². The van der Waals surface area contributed by atoms with Crippen molar-refractivity contribution in [3.8, 4) is 0 Å². The summed E-state index contributed by atoms with van der Waals surface area (Å²) in [6.45, 7) is 2.14. The molecule has 1 aromatic heterocycles. The van der Waals surface area contributed by atoms with Gasteiger partial charge in [0.05, 0.1) is 4.21 Å². The summed E-state index contributed by atoms with van der Waals surface area (Å²) >= 11 is 9.62. The normalized spacial score (nSPS) is 11.0. The molecule has 1 aromatic carbocycles. The van der Waals surface area contributed by atoms with Crippen LogP contribution in [0.4, 0.5) is 0 Å². The van der Waals surface area contributed by atoms with Gasteiger partial charge in [0.15, 0.2) is 0 Å². The highest BCUT2D eigenvalue weighted by atomic mass is 79.9. The van der Waals surface area contributed by atoms with Crippen molar-refractivity contribution >= 4 is 50.0 Å². The molecule has 0 radical (unpaired) electrons. The van der Waals surface area contributed by atoms with E-state index in [0.29, 0.717) is 0 Å². The van der Waals surface area contributed by atoms with E-state index in [2.05, 4.69) is 53.7 Å². The quantitative estimate of drug-likeness (QED) is 0.578. The van der Waals surface area contributed by atoms with Crippen molar-refractivity contribution in [2.45, 2.75) is 16.5 Å². The van der Waals surface area contributed by atoms with E-state index in [4.69, 9.17) is 0 Å². The first-order valence-corrected chi connectivity index (χ1v) is 6.38. The van der Waals surface area contributed by atoms with Gasteiger partial charge in [-0.1, -0.05) is 28.1 Å². The van der Waals surface area contributed by atoms with Gasteiger partial charge in [-0.2, -0.15) is 0 Å². The van der Waals surface area contributed by atoms with Crippen LogP contribution in [0.25, 0.3) is 10.1 Å². The summed E-state index contributed by atoms with van der Waals surface area (Å²) in [5.41, 5.74) is 2.68. The molecule has 0 aliphatic carbocycles. The Labute approximate surface area is 95.5 Å². The van der Waals surface area contributed by atoms with Gasteiger partial charge in [-0.3, -0.25) is 0 Å². The SMILES string of the molecule is Cc1ccc(CBr)c2cc(S)sc12. The minimum absolute atomic E-state index is 0.910. The van der Waals surface area contributed by atoms with E-state index in [-0.39, 0.29) is 0 Å². The van der Waals surface area contributed by atoms with Crippen molar-refractivity contribution < 1.29 is 0 Å². The summed E-state index contributed by atoms with van der Waals surface area (Å²) in [5.74, 6) is 0. The second-order valence-corrected chi connectivity index (χ2v) is 5.40. The van der Waals surface area contributed by atoms with E-state index in [9.17, 15) is 0 Å². The molecule has 3 heteroatoms. The van der Waals surface area contributed by atoms with E-state index in [1.165, 1.54) is 21.2 Å². The van der Waals surface area contributed by atoms with Crippen molar-refractivity contribution in [2.75, 3.05) is 0 Å². The monoisotopic (exact) mass is 272 g/mol. The number of fused-ring (bicyclic) bond motifs is 1. The summed E-state index contributed by atoms with van der Waals surface area (Å²) < 4.78 is 2.45. The number of benzene rings is 1. The highest BCUT2D eigenvalue weighted by Gasteiger charge is 2.05. The summed E-state index contributed by atoms with van der Waals surface area (Å²) in [6.07, 6.45) is 0. The van der Waals surface area contributed by atoms with Crippen LogP contribution >= 0.6 is 39.9 Å². The second-order valence-electron chi connectivity index (χ2n) is 3.00. The summed E-state index contributed by atoms with van der Waals surface area (Å²) in [4.78, 5) is 0. The van der Waals surface area contributed by atoms with Crippen LogP contribution in [0.1, 0.15) is 11.1 Å². The predicted octanol–water partition coefficient (Wildman–Crippen LogP) is 4.39. The predicted molar refractivity (Wildman–Crippen MR) is 66.4 cm³/mol. The Morgan fingerprint density at radius 2 is 2.23 bits per heavy atom. The Morgan fingerprint density at radius 1 is 1.46 bits per heavy atom. The van der Waals surface area contributed by atoms with Crippen LogP contribution in [-0.4, -0.2) is 0 Å². The van der Waals surface area contributed by atoms with Crippen LogP contribution in [0, 0.1) is 6.92 Å². The maximum atomic E-state index is 4.38. The summed E-state index contributed by atoms with van der Waals surface area (Å²) in [7, 11) is 0. The van der Waals surface area contributed by atoms with Crippen LogP contribution in [0.15, 0.2) is 22.4 Å². The van der Waals surface area contributed by atoms with Gasteiger partial charge in [0.1, 0.15) is 0 Å². The highest BCUT2D eigenvalue weighted by Crippen LogP contribution is 2.33. The van der Waals surface area contributed by atoms with Crippen molar-refractivity contribution in [1.29, 1.82) is 0 Å². The lowest BCUT2D eigenvalue weighted by Gasteiger charge is -2.00. The lowest BCUT2D eigenvalue weighted by atomic mass is 10.1. The fourth-order valence-electron chi connectivity index (χ4n) is 1.42. The molecule has 2 rings (SSSR count). The molecule has 0 amide bonds. The molecule has 13 heavy (non-hydrogen) atoms. The molecule has 0 N–H and O–H groups in total. The Morgan fingerprint density at radius 3 is 2.92 bits per heavy atom. The molecule has 0 aliphatic rings. The number of halogens is 1. The molecule has 0 bridgehead atoms. The molecule has 0 atom stereocenters. The molecule has 0 nitrogen and oxygen atoms in total. The molecule has 0 saturated heterocycles. The van der Waals surface area contributed by atoms with Gasteiger partial charge in [-0.25, -0.2) is 0 Å². The fourth-order valence-corrected chi connectivity index (χ4v) is 3.22. The molecular weight excluding hydrogens is 264 g/mol. The smallest absolute Gasteiger partial charge is 0.0580 e. The Kier molecular flexibility index (Phi) is 2.67. The molecule has 0 spiro atoms. The third-order valence-corrected chi connectivity index (χ3v) is 4.18. The molecule has 0 unspecified atom stereocenters. The van der Waals surface area contributed by atoms with Gasteiger partial charge >= 0.3 is 0 Å². The van der Waals surface area contributed by atoms with Crippen LogP contribution in [0.2, 0.25) is 0 Å². The van der Waals surface area contributed by atoms with Crippen LogP contribution < -0.4 is 0 Å². The molecule has 2 aromatic rings. The van der Waals surface area contributed by atoms with Gasteiger partial charge < -0.3 is 0 Å². The average Bonchev–Trinajstić information content (AvgIpc) is 2.48. The number of hydrogen-bond acceptors (Lipinski definition) is 2. The van der Waals surface area contributed by atoms with Crippen molar-refractivity contribution in [2.24, 2.45) is 0 Å². The molecule has 1 heterocycles. The largest absolute Gasteiger partial charge is 0.133 e. The van der Waals surface area contributed by atoms with E-state index in [1.54, 1.807) is 11.3 Å². The molecule has 0 fully saturated rings. The maximum Gasteiger partial charge on any atom is 0.0580 e. The van der Waals surface area contributed by atoms with Crippen molar-refractivity contribution in [3.63, 3.8) is 0 Å². The Hall–Kier alpha value is 0.01000.